The molecule has 1 atom stereocenters. The second-order valence-electron chi connectivity index (χ2n) is 5.00. The molecular formula is C15H16ClNO2S. The summed E-state index contributed by atoms with van der Waals surface area (Å²) < 4.78 is 0. The molecule has 0 aliphatic heterocycles. The predicted molar refractivity (Wildman–Crippen MR) is 82.4 cm³/mol. The van der Waals surface area contributed by atoms with Gasteiger partial charge in [-0.05, 0) is 47.5 Å². The number of rotatable bonds is 5. The minimum Gasteiger partial charge on any atom is -0.388 e. The molecule has 2 N–H and O–H groups in total. The van der Waals surface area contributed by atoms with Gasteiger partial charge in [-0.2, -0.15) is 11.3 Å². The molecule has 0 spiro atoms. The summed E-state index contributed by atoms with van der Waals surface area (Å²) in [6, 6.07) is 8.70. The summed E-state index contributed by atoms with van der Waals surface area (Å²) in [6.07, 6.45) is 0.506. The van der Waals surface area contributed by atoms with E-state index in [0.717, 1.165) is 5.56 Å². The lowest BCUT2D eigenvalue weighted by Gasteiger charge is -2.23. The van der Waals surface area contributed by atoms with Crippen LogP contribution in [0.15, 0.2) is 41.1 Å². The molecule has 2 rings (SSSR count). The van der Waals surface area contributed by atoms with E-state index < -0.39 is 5.60 Å². The molecule has 0 saturated heterocycles. The van der Waals surface area contributed by atoms with Gasteiger partial charge in [0.1, 0.15) is 0 Å². The zero-order valence-electron chi connectivity index (χ0n) is 11.1. The molecule has 20 heavy (non-hydrogen) atoms. The van der Waals surface area contributed by atoms with Crippen molar-refractivity contribution in [1.82, 2.24) is 5.32 Å². The van der Waals surface area contributed by atoms with E-state index in [-0.39, 0.29) is 12.5 Å². The van der Waals surface area contributed by atoms with Gasteiger partial charge in [0, 0.05) is 23.6 Å². The number of benzene rings is 1. The van der Waals surface area contributed by atoms with Gasteiger partial charge in [0.2, 0.25) is 0 Å². The lowest BCUT2D eigenvalue weighted by Crippen LogP contribution is -2.42. The minimum atomic E-state index is -0.977. The molecule has 1 aromatic heterocycles. The minimum absolute atomic E-state index is 0.189. The molecule has 1 heterocycles. The van der Waals surface area contributed by atoms with Crippen LogP contribution in [0.4, 0.5) is 0 Å². The van der Waals surface area contributed by atoms with E-state index in [0.29, 0.717) is 17.0 Å². The molecule has 0 fully saturated rings. The van der Waals surface area contributed by atoms with Gasteiger partial charge >= 0.3 is 0 Å². The van der Waals surface area contributed by atoms with Crippen molar-refractivity contribution in [2.24, 2.45) is 0 Å². The van der Waals surface area contributed by atoms with Crippen LogP contribution in [-0.2, 0) is 6.42 Å². The third-order valence-electron chi connectivity index (χ3n) is 2.88. The third-order valence-corrected chi connectivity index (χ3v) is 3.85. The van der Waals surface area contributed by atoms with Crippen LogP contribution in [0.3, 0.4) is 0 Å². The average molecular weight is 310 g/mol. The highest BCUT2D eigenvalue weighted by molar-refractivity contribution is 7.07. The van der Waals surface area contributed by atoms with E-state index in [1.54, 1.807) is 42.5 Å². The van der Waals surface area contributed by atoms with Crippen molar-refractivity contribution in [3.8, 4) is 0 Å². The number of halogens is 1. The molecule has 0 aliphatic rings. The SMILES string of the molecule is CC(O)(CNC(=O)c1cccc(Cl)c1)Cc1ccsc1. The Hall–Kier alpha value is -1.36. The fourth-order valence-corrected chi connectivity index (χ4v) is 2.76. The van der Waals surface area contributed by atoms with Gasteiger partial charge in [-0.3, -0.25) is 4.79 Å². The molecule has 106 valence electrons. The number of hydrogen-bond acceptors (Lipinski definition) is 3. The van der Waals surface area contributed by atoms with Crippen molar-refractivity contribution in [2.45, 2.75) is 18.9 Å². The molecule has 3 nitrogen and oxygen atoms in total. The van der Waals surface area contributed by atoms with E-state index >= 15 is 0 Å². The van der Waals surface area contributed by atoms with Crippen LogP contribution in [0.1, 0.15) is 22.8 Å². The maximum Gasteiger partial charge on any atom is 0.251 e. The quantitative estimate of drug-likeness (QED) is 0.891. The van der Waals surface area contributed by atoms with Crippen molar-refractivity contribution in [3.63, 3.8) is 0 Å². The summed E-state index contributed by atoms with van der Waals surface area (Å²) >= 11 is 7.44. The Morgan fingerprint density at radius 3 is 2.90 bits per heavy atom. The van der Waals surface area contributed by atoms with Gasteiger partial charge in [0.05, 0.1) is 5.60 Å². The van der Waals surface area contributed by atoms with E-state index in [9.17, 15) is 9.90 Å². The Kier molecular flexibility index (Phi) is 4.81. The number of nitrogens with one attached hydrogen (secondary N) is 1. The van der Waals surface area contributed by atoms with Crippen LogP contribution in [-0.4, -0.2) is 23.2 Å². The van der Waals surface area contributed by atoms with Gasteiger partial charge in [0.25, 0.3) is 5.91 Å². The maximum atomic E-state index is 12.0. The number of carbonyl (C=O) groups excluding carboxylic acids is 1. The standard InChI is InChI=1S/C15H16ClNO2S/c1-15(19,8-11-5-6-20-9-11)10-17-14(18)12-3-2-4-13(16)7-12/h2-7,9,19H,8,10H2,1H3,(H,17,18). The van der Waals surface area contributed by atoms with Crippen molar-refractivity contribution in [1.29, 1.82) is 0 Å². The van der Waals surface area contributed by atoms with E-state index in [4.69, 9.17) is 11.6 Å². The Morgan fingerprint density at radius 2 is 2.25 bits per heavy atom. The molecule has 0 radical (unpaired) electrons. The lowest BCUT2D eigenvalue weighted by atomic mass is 9.98. The number of aliphatic hydroxyl groups is 1. The smallest absolute Gasteiger partial charge is 0.251 e. The Balaban J connectivity index is 1.92. The first-order valence-electron chi connectivity index (χ1n) is 6.23. The first-order valence-corrected chi connectivity index (χ1v) is 7.56. The number of amides is 1. The summed E-state index contributed by atoms with van der Waals surface area (Å²) in [5.41, 5.74) is 0.579. The van der Waals surface area contributed by atoms with Gasteiger partial charge in [-0.1, -0.05) is 17.7 Å². The summed E-state index contributed by atoms with van der Waals surface area (Å²) in [6.45, 7) is 1.90. The Morgan fingerprint density at radius 1 is 1.45 bits per heavy atom. The fraction of sp³-hybridized carbons (Fsp3) is 0.267. The molecule has 0 saturated carbocycles. The second-order valence-corrected chi connectivity index (χ2v) is 6.21. The number of carbonyl (C=O) groups is 1. The fourth-order valence-electron chi connectivity index (χ4n) is 1.90. The van der Waals surface area contributed by atoms with Crippen LogP contribution in [0, 0.1) is 0 Å². The second kappa shape index (κ2) is 6.39. The van der Waals surface area contributed by atoms with Crippen molar-refractivity contribution < 1.29 is 9.90 Å². The van der Waals surface area contributed by atoms with Gasteiger partial charge < -0.3 is 10.4 Å². The first-order chi connectivity index (χ1) is 9.46. The van der Waals surface area contributed by atoms with E-state index in [1.165, 1.54) is 0 Å². The van der Waals surface area contributed by atoms with Crippen LogP contribution < -0.4 is 5.32 Å². The first kappa shape index (κ1) is 15.0. The Bertz CT molecular complexity index is 581. The number of hydrogen-bond donors (Lipinski definition) is 2. The molecule has 0 aliphatic carbocycles. The van der Waals surface area contributed by atoms with Crippen LogP contribution in [0.25, 0.3) is 0 Å². The highest BCUT2D eigenvalue weighted by Gasteiger charge is 2.22. The maximum absolute atomic E-state index is 12.0. The normalized spacial score (nSPS) is 13.8. The van der Waals surface area contributed by atoms with Gasteiger partial charge in [-0.15, -0.1) is 0 Å². The zero-order chi connectivity index (χ0) is 14.6. The van der Waals surface area contributed by atoms with Crippen molar-refractivity contribution >= 4 is 28.8 Å². The molecule has 1 amide bonds. The lowest BCUT2D eigenvalue weighted by molar-refractivity contribution is 0.0553. The van der Waals surface area contributed by atoms with Crippen LogP contribution in [0.2, 0.25) is 5.02 Å². The average Bonchev–Trinajstić information content (AvgIpc) is 2.88. The van der Waals surface area contributed by atoms with Crippen molar-refractivity contribution in [3.05, 3.63) is 57.2 Å². The molecule has 1 unspecified atom stereocenters. The Labute approximate surface area is 127 Å². The van der Waals surface area contributed by atoms with E-state index in [2.05, 4.69) is 5.32 Å². The van der Waals surface area contributed by atoms with Crippen molar-refractivity contribution in [2.75, 3.05) is 6.54 Å². The van der Waals surface area contributed by atoms with Crippen LogP contribution in [0.5, 0.6) is 0 Å². The topological polar surface area (TPSA) is 49.3 Å². The summed E-state index contributed by atoms with van der Waals surface area (Å²) in [5, 5.41) is 17.5. The predicted octanol–water partition coefficient (Wildman–Crippen LogP) is 3.13. The summed E-state index contributed by atoms with van der Waals surface area (Å²) in [5.74, 6) is -0.238. The highest BCUT2D eigenvalue weighted by atomic mass is 35.5. The van der Waals surface area contributed by atoms with Crippen LogP contribution >= 0.6 is 22.9 Å². The summed E-state index contributed by atoms with van der Waals surface area (Å²) in [4.78, 5) is 12.0. The zero-order valence-corrected chi connectivity index (χ0v) is 12.7. The summed E-state index contributed by atoms with van der Waals surface area (Å²) in [7, 11) is 0. The molecule has 2 aromatic rings. The third kappa shape index (κ3) is 4.34. The van der Waals surface area contributed by atoms with E-state index in [1.807, 2.05) is 16.8 Å². The monoisotopic (exact) mass is 309 g/mol. The van der Waals surface area contributed by atoms with Gasteiger partial charge in [0.15, 0.2) is 0 Å². The molecule has 0 bridgehead atoms. The molecule has 1 aromatic carbocycles. The van der Waals surface area contributed by atoms with Gasteiger partial charge in [-0.25, -0.2) is 0 Å². The largest absolute Gasteiger partial charge is 0.388 e. The highest BCUT2D eigenvalue weighted by Crippen LogP contribution is 2.16. The molecular weight excluding hydrogens is 294 g/mol. The number of thiophene rings is 1. The molecule has 5 heteroatoms.